The minimum absolute atomic E-state index is 0.373. The molecule has 0 rings (SSSR count). The van der Waals surface area contributed by atoms with Gasteiger partial charge in [-0.05, 0) is 11.5 Å². The highest BCUT2D eigenvalue weighted by molar-refractivity contribution is 6.87. The van der Waals surface area contributed by atoms with E-state index in [1.54, 1.807) is 0 Å². The van der Waals surface area contributed by atoms with Crippen LogP contribution in [0.5, 0.6) is 0 Å². The summed E-state index contributed by atoms with van der Waals surface area (Å²) in [4.78, 5) is 0. The molecule has 0 spiro atoms. The van der Waals surface area contributed by atoms with Crippen molar-refractivity contribution in [1.29, 1.82) is 0 Å². The molecule has 0 aromatic heterocycles. The summed E-state index contributed by atoms with van der Waals surface area (Å²) in [5.74, 6) is 6.69. The Hall–Kier alpha value is -0.446. The van der Waals surface area contributed by atoms with Gasteiger partial charge in [-0.15, -0.1) is 22.9 Å². The van der Waals surface area contributed by atoms with Crippen molar-refractivity contribution in [2.45, 2.75) is 77.8 Å². The molecule has 2 heteroatoms. The average molecular weight is 279 g/mol. The first-order valence-corrected chi connectivity index (χ1v) is 13.5. The third kappa shape index (κ3) is 7.80. The summed E-state index contributed by atoms with van der Waals surface area (Å²) >= 11 is 0. The van der Waals surface area contributed by atoms with Crippen molar-refractivity contribution in [3.05, 3.63) is 0 Å². The van der Waals surface area contributed by atoms with Gasteiger partial charge in [-0.25, -0.2) is 0 Å². The van der Waals surface area contributed by atoms with Crippen molar-refractivity contribution in [3.63, 3.8) is 0 Å². The predicted octanol–water partition coefficient (Wildman–Crippen LogP) is 5.09. The minimum Gasteiger partial charge on any atom is -0.132 e. The molecule has 0 heterocycles. The van der Waals surface area contributed by atoms with E-state index < -0.39 is 16.1 Å². The van der Waals surface area contributed by atoms with E-state index in [9.17, 15) is 0 Å². The molecule has 0 aliphatic carbocycles. The van der Waals surface area contributed by atoms with E-state index >= 15 is 0 Å². The molecule has 0 radical (unpaired) electrons. The van der Waals surface area contributed by atoms with Crippen LogP contribution in [-0.2, 0) is 0 Å². The molecule has 0 N–H and O–H groups in total. The molecule has 0 bridgehead atoms. The van der Waals surface area contributed by atoms with E-state index in [1.807, 2.05) is 0 Å². The Morgan fingerprint density at radius 3 is 1.61 bits per heavy atom. The largest absolute Gasteiger partial charge is 0.137 e. The van der Waals surface area contributed by atoms with Gasteiger partial charge in [0.25, 0.3) is 0 Å². The van der Waals surface area contributed by atoms with Gasteiger partial charge in [0.05, 0.1) is 0 Å². The zero-order valence-electron chi connectivity index (χ0n) is 13.6. The van der Waals surface area contributed by atoms with E-state index in [1.165, 1.54) is 0 Å². The minimum atomic E-state index is -1.39. The molecular weight excluding hydrogens is 248 g/mol. The normalized spacial score (nSPS) is 12.2. The first kappa shape index (κ1) is 17.6. The van der Waals surface area contributed by atoms with E-state index in [2.05, 4.69) is 76.4 Å². The van der Waals surface area contributed by atoms with Crippen LogP contribution in [0.2, 0.25) is 37.8 Å². The van der Waals surface area contributed by atoms with Crippen molar-refractivity contribution < 1.29 is 0 Å². The SMILES string of the molecule is CC(C)(C)[Si](C)(C)C#CCCCC#C[Si](C)(C)C. The molecule has 0 aromatic rings. The van der Waals surface area contributed by atoms with Crippen molar-refractivity contribution in [2.75, 3.05) is 0 Å². The fourth-order valence-electron chi connectivity index (χ4n) is 1.06. The van der Waals surface area contributed by atoms with Gasteiger partial charge in [0.15, 0.2) is 0 Å². The van der Waals surface area contributed by atoms with Crippen molar-refractivity contribution in [3.8, 4) is 22.9 Å². The molecule has 0 aromatic carbocycles. The van der Waals surface area contributed by atoms with Gasteiger partial charge >= 0.3 is 0 Å². The summed E-state index contributed by atoms with van der Waals surface area (Å²) in [6.45, 7) is 18.5. The van der Waals surface area contributed by atoms with Crippen LogP contribution in [-0.4, -0.2) is 16.1 Å². The molecule has 0 aliphatic rings. The van der Waals surface area contributed by atoms with Gasteiger partial charge in [-0.1, -0.05) is 53.5 Å². The standard InChI is InChI=1S/C16H30Si2/c1-16(2,3)18(7,8)15-13-11-9-10-12-14-17(4,5)6/h9-11H2,1-8H3. The summed E-state index contributed by atoms with van der Waals surface area (Å²) in [6.07, 6.45) is 3.14. The fraction of sp³-hybridized carbons (Fsp3) is 0.750. The number of unbranched alkanes of at least 4 members (excludes halogenated alkanes) is 2. The van der Waals surface area contributed by atoms with Gasteiger partial charge in [-0.3, -0.25) is 0 Å². The lowest BCUT2D eigenvalue weighted by Crippen LogP contribution is -2.35. The highest BCUT2D eigenvalue weighted by atomic mass is 28.3. The first-order valence-electron chi connectivity index (χ1n) is 6.96. The van der Waals surface area contributed by atoms with Crippen LogP contribution in [0.3, 0.4) is 0 Å². The molecule has 0 amide bonds. The van der Waals surface area contributed by atoms with Crippen molar-refractivity contribution >= 4 is 16.1 Å². The Morgan fingerprint density at radius 1 is 0.778 bits per heavy atom. The predicted molar refractivity (Wildman–Crippen MR) is 89.9 cm³/mol. The third-order valence-electron chi connectivity index (χ3n) is 3.34. The van der Waals surface area contributed by atoms with Crippen LogP contribution in [0.25, 0.3) is 0 Å². The maximum atomic E-state index is 3.56. The molecule has 0 unspecified atom stereocenters. The van der Waals surface area contributed by atoms with E-state index in [-0.39, 0.29) is 0 Å². The zero-order valence-corrected chi connectivity index (χ0v) is 15.6. The molecule has 102 valence electrons. The van der Waals surface area contributed by atoms with Crippen LogP contribution < -0.4 is 0 Å². The van der Waals surface area contributed by atoms with Gasteiger partial charge in [0.1, 0.15) is 16.1 Å². The topological polar surface area (TPSA) is 0 Å². The summed E-state index contributed by atoms with van der Waals surface area (Å²) in [5, 5.41) is 0.373. The fourth-order valence-corrected chi connectivity index (χ4v) is 2.66. The quantitative estimate of drug-likeness (QED) is 0.375. The lowest BCUT2D eigenvalue weighted by Gasteiger charge is -2.31. The lowest BCUT2D eigenvalue weighted by molar-refractivity contribution is 0.730. The lowest BCUT2D eigenvalue weighted by atomic mass is 10.2. The maximum absolute atomic E-state index is 3.56. The van der Waals surface area contributed by atoms with Gasteiger partial charge in [0, 0.05) is 12.8 Å². The second-order valence-corrected chi connectivity index (χ2v) is 17.3. The molecule has 0 atom stereocenters. The average Bonchev–Trinajstić information content (AvgIpc) is 2.12. The highest BCUT2D eigenvalue weighted by Crippen LogP contribution is 2.35. The highest BCUT2D eigenvalue weighted by Gasteiger charge is 2.33. The third-order valence-corrected chi connectivity index (χ3v) is 8.82. The second-order valence-electron chi connectivity index (χ2n) is 7.58. The van der Waals surface area contributed by atoms with Crippen molar-refractivity contribution in [1.82, 2.24) is 0 Å². The molecule has 0 aliphatic heterocycles. The number of rotatable bonds is 2. The van der Waals surface area contributed by atoms with Gasteiger partial charge < -0.3 is 0 Å². The van der Waals surface area contributed by atoms with Crippen LogP contribution in [0, 0.1) is 22.9 Å². The Kier molecular flexibility index (Phi) is 6.48. The van der Waals surface area contributed by atoms with Gasteiger partial charge in [-0.2, -0.15) is 0 Å². The van der Waals surface area contributed by atoms with Crippen molar-refractivity contribution in [2.24, 2.45) is 0 Å². The molecule has 0 saturated carbocycles. The van der Waals surface area contributed by atoms with Crippen LogP contribution >= 0.6 is 0 Å². The Labute approximate surface area is 117 Å². The second kappa shape index (κ2) is 6.64. The van der Waals surface area contributed by atoms with E-state index in [0.29, 0.717) is 5.04 Å². The Morgan fingerprint density at radius 2 is 1.22 bits per heavy atom. The molecule has 0 saturated heterocycles. The number of hydrogen-bond acceptors (Lipinski definition) is 0. The molecule has 0 fully saturated rings. The summed E-state index contributed by atoms with van der Waals surface area (Å²) < 4.78 is 0. The van der Waals surface area contributed by atoms with Gasteiger partial charge in [0.2, 0.25) is 0 Å². The van der Waals surface area contributed by atoms with Crippen LogP contribution in [0.4, 0.5) is 0 Å². The summed E-state index contributed by atoms with van der Waals surface area (Å²) in [7, 11) is -2.56. The maximum Gasteiger partial charge on any atom is 0.137 e. The smallest absolute Gasteiger partial charge is 0.132 e. The number of hydrogen-bond donors (Lipinski definition) is 0. The van der Waals surface area contributed by atoms with Crippen LogP contribution in [0.15, 0.2) is 0 Å². The van der Waals surface area contributed by atoms with Crippen LogP contribution in [0.1, 0.15) is 40.0 Å². The monoisotopic (exact) mass is 278 g/mol. The molecule has 18 heavy (non-hydrogen) atoms. The van der Waals surface area contributed by atoms with E-state index in [0.717, 1.165) is 19.3 Å². The van der Waals surface area contributed by atoms with E-state index in [4.69, 9.17) is 0 Å². The molecular formula is C16H30Si2. The molecule has 0 nitrogen and oxygen atoms in total. The first-order chi connectivity index (χ1) is 7.96. The Balaban J connectivity index is 4.11. The summed E-state index contributed by atoms with van der Waals surface area (Å²) in [6, 6.07) is 0. The summed E-state index contributed by atoms with van der Waals surface area (Å²) in [5.41, 5.74) is 6.96. The Bertz CT molecular complexity index is 370. The zero-order chi connectivity index (χ0) is 14.4.